The Hall–Kier alpha value is -1.89. The minimum atomic E-state index is -0.747. The number of halogens is 2. The van der Waals surface area contributed by atoms with Crippen LogP contribution >= 0.6 is 0 Å². The molecule has 0 saturated heterocycles. The zero-order valence-electron chi connectivity index (χ0n) is 13.3. The van der Waals surface area contributed by atoms with Gasteiger partial charge in [0.05, 0.1) is 6.10 Å². The number of anilines is 2. The van der Waals surface area contributed by atoms with Crippen molar-refractivity contribution in [2.45, 2.75) is 26.4 Å². The summed E-state index contributed by atoms with van der Waals surface area (Å²) in [6.45, 7) is 3.92. The number of benzene rings is 1. The first-order valence-electron chi connectivity index (χ1n) is 7.10. The number of carbonyl (C=O) groups is 1. The van der Waals surface area contributed by atoms with Crippen molar-refractivity contribution in [3.63, 3.8) is 0 Å². The molecule has 22 heavy (non-hydrogen) atoms. The topological polar surface area (TPSA) is 64.6 Å². The number of carbonyl (C=O) groups excluding carboxylic acids is 1. The standard InChI is InChI=1S/C15H23F2N3O2/c1-9(5-10(2)21)8-18-15(22)19-11-6-12(16)14(20(3)4)13(17)7-11/h6-7,9-10,21H,5,8H2,1-4H3,(H2,18,19,22)/t9-,10+/m0/s1. The first kappa shape index (κ1) is 18.2. The molecule has 0 aliphatic heterocycles. The van der Waals surface area contributed by atoms with Crippen molar-refractivity contribution >= 4 is 17.4 Å². The number of aliphatic hydroxyl groups excluding tert-OH is 1. The lowest BCUT2D eigenvalue weighted by atomic mass is 10.1. The Labute approximate surface area is 129 Å². The largest absolute Gasteiger partial charge is 0.393 e. The molecule has 7 heteroatoms. The van der Waals surface area contributed by atoms with Crippen LogP contribution in [0.25, 0.3) is 0 Å². The van der Waals surface area contributed by atoms with Crippen molar-refractivity contribution in [1.29, 1.82) is 0 Å². The fourth-order valence-electron chi connectivity index (χ4n) is 2.17. The molecule has 1 aromatic rings. The minimum absolute atomic E-state index is 0.0429. The van der Waals surface area contributed by atoms with E-state index < -0.39 is 23.8 Å². The highest BCUT2D eigenvalue weighted by Crippen LogP contribution is 2.25. The number of hydrogen-bond acceptors (Lipinski definition) is 3. The molecule has 5 nitrogen and oxygen atoms in total. The number of hydrogen-bond donors (Lipinski definition) is 3. The average Bonchev–Trinajstić information content (AvgIpc) is 2.34. The second kappa shape index (κ2) is 7.93. The summed E-state index contributed by atoms with van der Waals surface area (Å²) in [7, 11) is 3.07. The van der Waals surface area contributed by atoms with Gasteiger partial charge in [-0.3, -0.25) is 0 Å². The van der Waals surface area contributed by atoms with Gasteiger partial charge in [0.2, 0.25) is 0 Å². The summed E-state index contributed by atoms with van der Waals surface area (Å²) in [5.41, 5.74) is -0.113. The molecule has 2 atom stereocenters. The highest BCUT2D eigenvalue weighted by molar-refractivity contribution is 5.89. The predicted octanol–water partition coefficient (Wildman–Crippen LogP) is 2.56. The van der Waals surface area contributed by atoms with Crippen LogP contribution in [0.2, 0.25) is 0 Å². The molecule has 1 rings (SSSR count). The van der Waals surface area contributed by atoms with E-state index in [1.54, 1.807) is 6.92 Å². The zero-order valence-corrected chi connectivity index (χ0v) is 13.3. The van der Waals surface area contributed by atoms with Crippen molar-refractivity contribution < 1.29 is 18.7 Å². The maximum Gasteiger partial charge on any atom is 0.319 e. The molecule has 0 aromatic heterocycles. The summed E-state index contributed by atoms with van der Waals surface area (Å²) in [4.78, 5) is 13.0. The van der Waals surface area contributed by atoms with Crippen LogP contribution in [-0.4, -0.2) is 37.9 Å². The van der Waals surface area contributed by atoms with Gasteiger partial charge < -0.3 is 20.6 Å². The first-order valence-corrected chi connectivity index (χ1v) is 7.10. The van der Waals surface area contributed by atoms with Crippen molar-refractivity contribution in [2.24, 2.45) is 5.92 Å². The molecule has 0 fully saturated rings. The second-order valence-corrected chi connectivity index (χ2v) is 5.71. The number of nitrogens with one attached hydrogen (secondary N) is 2. The molecule has 0 unspecified atom stereocenters. The van der Waals surface area contributed by atoms with Gasteiger partial charge in [-0.15, -0.1) is 0 Å². The van der Waals surface area contributed by atoms with Crippen LogP contribution in [-0.2, 0) is 0 Å². The van der Waals surface area contributed by atoms with Crippen LogP contribution in [0.3, 0.4) is 0 Å². The van der Waals surface area contributed by atoms with Gasteiger partial charge in [-0.05, 0) is 31.4 Å². The van der Waals surface area contributed by atoms with Gasteiger partial charge in [0.1, 0.15) is 5.69 Å². The fraction of sp³-hybridized carbons (Fsp3) is 0.533. The smallest absolute Gasteiger partial charge is 0.319 e. The van der Waals surface area contributed by atoms with Crippen LogP contribution < -0.4 is 15.5 Å². The van der Waals surface area contributed by atoms with E-state index in [4.69, 9.17) is 0 Å². The van der Waals surface area contributed by atoms with E-state index >= 15 is 0 Å². The lowest BCUT2D eigenvalue weighted by Crippen LogP contribution is -2.33. The summed E-state index contributed by atoms with van der Waals surface area (Å²) in [5.74, 6) is -1.40. The molecular weight excluding hydrogens is 292 g/mol. The third-order valence-electron chi connectivity index (χ3n) is 3.08. The monoisotopic (exact) mass is 315 g/mol. The minimum Gasteiger partial charge on any atom is -0.393 e. The van der Waals surface area contributed by atoms with Crippen LogP contribution in [0.4, 0.5) is 25.0 Å². The number of aliphatic hydroxyl groups is 1. The summed E-state index contributed by atoms with van der Waals surface area (Å²) < 4.78 is 27.6. The Kier molecular flexibility index (Phi) is 6.55. The van der Waals surface area contributed by atoms with Crippen LogP contribution in [0.1, 0.15) is 20.3 Å². The Morgan fingerprint density at radius 1 is 1.27 bits per heavy atom. The van der Waals surface area contributed by atoms with Gasteiger partial charge in [0.25, 0.3) is 0 Å². The molecule has 2 amide bonds. The molecule has 124 valence electrons. The van der Waals surface area contributed by atoms with Gasteiger partial charge >= 0.3 is 6.03 Å². The van der Waals surface area contributed by atoms with E-state index in [1.165, 1.54) is 19.0 Å². The zero-order chi connectivity index (χ0) is 16.9. The van der Waals surface area contributed by atoms with Gasteiger partial charge in [0.15, 0.2) is 11.6 Å². The van der Waals surface area contributed by atoms with Crippen molar-refractivity contribution in [1.82, 2.24) is 5.32 Å². The molecule has 0 aliphatic carbocycles. The summed E-state index contributed by atoms with van der Waals surface area (Å²) >= 11 is 0. The van der Waals surface area contributed by atoms with Crippen LogP contribution in [0, 0.1) is 17.6 Å². The van der Waals surface area contributed by atoms with E-state index in [2.05, 4.69) is 10.6 Å². The molecule has 0 aliphatic rings. The molecule has 1 aromatic carbocycles. The summed E-state index contributed by atoms with van der Waals surface area (Å²) in [5, 5.41) is 14.2. The third kappa shape index (κ3) is 5.48. The normalized spacial score (nSPS) is 13.4. The molecule has 0 saturated carbocycles. The number of rotatable bonds is 6. The number of amides is 2. The maximum absolute atomic E-state index is 13.8. The number of nitrogens with zero attached hydrogens (tertiary/aromatic N) is 1. The van der Waals surface area contributed by atoms with E-state index in [-0.39, 0.29) is 17.3 Å². The fourth-order valence-corrected chi connectivity index (χ4v) is 2.17. The highest BCUT2D eigenvalue weighted by Gasteiger charge is 2.14. The quantitative estimate of drug-likeness (QED) is 0.756. The molecule has 0 bridgehead atoms. The van der Waals surface area contributed by atoms with E-state index in [0.717, 1.165) is 12.1 Å². The second-order valence-electron chi connectivity index (χ2n) is 5.71. The van der Waals surface area contributed by atoms with Gasteiger partial charge in [-0.1, -0.05) is 6.92 Å². The van der Waals surface area contributed by atoms with Gasteiger partial charge in [-0.25, -0.2) is 13.6 Å². The Morgan fingerprint density at radius 3 is 2.27 bits per heavy atom. The summed E-state index contributed by atoms with van der Waals surface area (Å²) in [6.07, 6.45) is 0.114. The Balaban J connectivity index is 2.62. The molecule has 3 N–H and O–H groups in total. The third-order valence-corrected chi connectivity index (χ3v) is 3.08. The SMILES string of the molecule is C[C@H](CNC(=O)Nc1cc(F)c(N(C)C)c(F)c1)C[C@@H](C)O. The van der Waals surface area contributed by atoms with E-state index in [9.17, 15) is 18.7 Å². The average molecular weight is 315 g/mol. The Morgan fingerprint density at radius 2 is 1.82 bits per heavy atom. The highest BCUT2D eigenvalue weighted by atomic mass is 19.1. The van der Waals surface area contributed by atoms with Gasteiger partial charge in [-0.2, -0.15) is 0 Å². The van der Waals surface area contributed by atoms with Crippen molar-refractivity contribution in [3.05, 3.63) is 23.8 Å². The molecular formula is C15H23F2N3O2. The lowest BCUT2D eigenvalue weighted by Gasteiger charge is -2.17. The maximum atomic E-state index is 13.8. The molecule has 0 spiro atoms. The molecule has 0 heterocycles. The molecule has 0 radical (unpaired) electrons. The Bertz CT molecular complexity index is 499. The van der Waals surface area contributed by atoms with Crippen LogP contribution in [0.5, 0.6) is 0 Å². The lowest BCUT2D eigenvalue weighted by molar-refractivity contribution is 0.163. The first-order chi connectivity index (χ1) is 10.2. The van der Waals surface area contributed by atoms with Crippen molar-refractivity contribution in [2.75, 3.05) is 30.9 Å². The van der Waals surface area contributed by atoms with Crippen LogP contribution in [0.15, 0.2) is 12.1 Å². The van der Waals surface area contributed by atoms with E-state index in [1.807, 2.05) is 6.92 Å². The number of urea groups is 1. The van der Waals surface area contributed by atoms with E-state index in [0.29, 0.717) is 13.0 Å². The van der Waals surface area contributed by atoms with Crippen molar-refractivity contribution in [3.8, 4) is 0 Å². The summed E-state index contributed by atoms with van der Waals surface area (Å²) in [6, 6.07) is 1.59. The van der Waals surface area contributed by atoms with Gasteiger partial charge in [0, 0.05) is 26.3 Å². The predicted molar refractivity (Wildman–Crippen MR) is 83.2 cm³/mol.